The first-order valence-corrected chi connectivity index (χ1v) is 12.9. The van der Waals surface area contributed by atoms with Crippen LogP contribution < -0.4 is 0 Å². The van der Waals surface area contributed by atoms with E-state index in [4.69, 9.17) is 9.47 Å². The first-order chi connectivity index (χ1) is 14.9. The van der Waals surface area contributed by atoms with Crippen LogP contribution in [0.4, 0.5) is 0 Å². The van der Waals surface area contributed by atoms with E-state index in [0.29, 0.717) is 32.0 Å². The van der Waals surface area contributed by atoms with Crippen molar-refractivity contribution < 1.29 is 19.1 Å². The summed E-state index contributed by atoms with van der Waals surface area (Å²) in [6.45, 7) is 9.48. The largest absolute Gasteiger partial charge is 0.465 e. The van der Waals surface area contributed by atoms with Crippen LogP contribution in [0, 0.1) is 23.7 Å². The van der Waals surface area contributed by atoms with E-state index in [9.17, 15) is 9.59 Å². The number of allylic oxidation sites excluding steroid dienone is 2. The van der Waals surface area contributed by atoms with Gasteiger partial charge in [-0.05, 0) is 31.1 Å². The van der Waals surface area contributed by atoms with E-state index in [0.717, 1.165) is 18.8 Å². The Balaban J connectivity index is 2.06. The molecule has 1 rings (SSSR count). The van der Waals surface area contributed by atoms with Crippen molar-refractivity contribution in [2.45, 2.75) is 111 Å². The molecule has 0 aliphatic heterocycles. The number of hydrogen-bond donors (Lipinski definition) is 0. The highest BCUT2D eigenvalue weighted by molar-refractivity contribution is 5.82. The van der Waals surface area contributed by atoms with Crippen LogP contribution in [0.2, 0.25) is 0 Å². The van der Waals surface area contributed by atoms with Crippen LogP contribution in [0.1, 0.15) is 111 Å². The number of esters is 2. The number of rotatable bonds is 17. The molecule has 0 aromatic rings. The number of carbonyl (C=O) groups excluding carboxylic acids is 2. The van der Waals surface area contributed by atoms with Gasteiger partial charge in [0.25, 0.3) is 0 Å². The number of carbonyl (C=O) groups is 2. The Bertz CT molecular complexity index is 509. The maximum atomic E-state index is 12.5. The van der Waals surface area contributed by atoms with Crippen molar-refractivity contribution in [3.8, 4) is 0 Å². The third-order valence-electron chi connectivity index (χ3n) is 6.02. The quantitative estimate of drug-likeness (QED) is 0.137. The van der Waals surface area contributed by atoms with Crippen LogP contribution in [0.3, 0.4) is 0 Å². The molecule has 0 amide bonds. The van der Waals surface area contributed by atoms with Crippen LogP contribution in [0.5, 0.6) is 0 Å². The van der Waals surface area contributed by atoms with E-state index in [1.54, 1.807) is 0 Å². The minimum atomic E-state index is -0.401. The summed E-state index contributed by atoms with van der Waals surface area (Å²) >= 11 is 0. The zero-order valence-corrected chi connectivity index (χ0v) is 20.7. The van der Waals surface area contributed by atoms with E-state index in [1.807, 2.05) is 26.0 Å². The average Bonchev–Trinajstić information content (AvgIpc) is 2.74. The van der Waals surface area contributed by atoms with Gasteiger partial charge < -0.3 is 9.47 Å². The summed E-state index contributed by atoms with van der Waals surface area (Å²) < 4.78 is 10.9. The van der Waals surface area contributed by atoms with Crippen molar-refractivity contribution in [3.05, 3.63) is 12.2 Å². The smallest absolute Gasteiger partial charge is 0.310 e. The Hall–Kier alpha value is -1.32. The minimum Gasteiger partial charge on any atom is -0.465 e. The summed E-state index contributed by atoms with van der Waals surface area (Å²) in [7, 11) is 0. The van der Waals surface area contributed by atoms with E-state index in [1.165, 1.54) is 57.8 Å². The first kappa shape index (κ1) is 27.7. The lowest BCUT2D eigenvalue weighted by atomic mass is 9.83. The fourth-order valence-electron chi connectivity index (χ4n) is 4.04. The van der Waals surface area contributed by atoms with Gasteiger partial charge in [0.2, 0.25) is 0 Å². The Labute approximate surface area is 191 Å². The van der Waals surface area contributed by atoms with Gasteiger partial charge in [0, 0.05) is 0 Å². The molecule has 0 bridgehead atoms. The van der Waals surface area contributed by atoms with Crippen molar-refractivity contribution in [2.75, 3.05) is 13.2 Å². The molecule has 0 radical (unpaired) electrons. The van der Waals surface area contributed by atoms with Crippen molar-refractivity contribution in [3.63, 3.8) is 0 Å². The second kappa shape index (κ2) is 17.3. The maximum absolute atomic E-state index is 12.5. The lowest BCUT2D eigenvalue weighted by Gasteiger charge is -2.25. The highest BCUT2D eigenvalue weighted by Crippen LogP contribution is 2.28. The molecule has 31 heavy (non-hydrogen) atoms. The van der Waals surface area contributed by atoms with Crippen LogP contribution >= 0.6 is 0 Å². The Kier molecular flexibility index (Phi) is 15.4. The fourth-order valence-corrected chi connectivity index (χ4v) is 4.04. The molecule has 4 nitrogen and oxygen atoms in total. The normalized spacial score (nSPS) is 18.5. The summed E-state index contributed by atoms with van der Waals surface area (Å²) in [5, 5.41) is 0. The van der Waals surface area contributed by atoms with E-state index >= 15 is 0 Å². The second-order valence-electron chi connectivity index (χ2n) is 10.1. The van der Waals surface area contributed by atoms with Gasteiger partial charge in [0.1, 0.15) is 0 Å². The van der Waals surface area contributed by atoms with Crippen LogP contribution in [0.15, 0.2) is 12.2 Å². The molecule has 0 N–H and O–H groups in total. The van der Waals surface area contributed by atoms with Gasteiger partial charge in [-0.25, -0.2) is 0 Å². The molecule has 180 valence electrons. The van der Waals surface area contributed by atoms with E-state index in [2.05, 4.69) is 13.8 Å². The fraction of sp³-hybridized carbons (Fsp3) is 0.852. The van der Waals surface area contributed by atoms with Crippen LogP contribution in [0.25, 0.3) is 0 Å². The summed E-state index contributed by atoms with van der Waals surface area (Å²) in [5.41, 5.74) is 0. The Morgan fingerprint density at radius 2 is 1.13 bits per heavy atom. The average molecular weight is 437 g/mol. The van der Waals surface area contributed by atoms with Crippen LogP contribution in [-0.2, 0) is 19.1 Å². The second-order valence-corrected chi connectivity index (χ2v) is 10.1. The van der Waals surface area contributed by atoms with Gasteiger partial charge in [-0.1, -0.05) is 104 Å². The highest BCUT2D eigenvalue weighted by Gasteiger charge is 2.36. The van der Waals surface area contributed by atoms with Crippen molar-refractivity contribution in [2.24, 2.45) is 23.7 Å². The minimum absolute atomic E-state index is 0.242. The first-order valence-electron chi connectivity index (χ1n) is 12.9. The topological polar surface area (TPSA) is 52.6 Å². The molecule has 0 saturated heterocycles. The number of ether oxygens (including phenoxy) is 2. The SMILES string of the molecule is CC(C)CCCCCCCCCCCCOC(=O)C1CC=CCC1C(=O)OCC(C)C. The van der Waals surface area contributed by atoms with Gasteiger partial charge in [-0.15, -0.1) is 0 Å². The van der Waals surface area contributed by atoms with Gasteiger partial charge in [-0.3, -0.25) is 9.59 Å². The third kappa shape index (κ3) is 13.6. The maximum Gasteiger partial charge on any atom is 0.310 e. The van der Waals surface area contributed by atoms with E-state index in [-0.39, 0.29) is 11.9 Å². The van der Waals surface area contributed by atoms with Gasteiger partial charge in [0.15, 0.2) is 0 Å². The molecule has 4 heteroatoms. The molecule has 2 unspecified atom stereocenters. The summed E-state index contributed by atoms with van der Waals surface area (Å²) in [4.78, 5) is 24.9. The van der Waals surface area contributed by atoms with Crippen molar-refractivity contribution in [1.29, 1.82) is 0 Å². The van der Waals surface area contributed by atoms with Gasteiger partial charge in [0.05, 0.1) is 25.0 Å². The molecule has 0 aromatic heterocycles. The molecule has 1 aliphatic carbocycles. The molecule has 0 heterocycles. The third-order valence-corrected chi connectivity index (χ3v) is 6.02. The molecule has 0 saturated carbocycles. The van der Waals surface area contributed by atoms with E-state index < -0.39 is 11.8 Å². The Morgan fingerprint density at radius 1 is 0.677 bits per heavy atom. The zero-order valence-electron chi connectivity index (χ0n) is 20.7. The zero-order chi connectivity index (χ0) is 22.9. The van der Waals surface area contributed by atoms with Gasteiger partial charge in [-0.2, -0.15) is 0 Å². The molecule has 0 spiro atoms. The lowest BCUT2D eigenvalue weighted by Crippen LogP contribution is -2.34. The number of unbranched alkanes of at least 4 members (excludes halogenated alkanes) is 9. The molecule has 0 aromatic carbocycles. The predicted molar refractivity (Wildman–Crippen MR) is 128 cm³/mol. The predicted octanol–water partition coefficient (Wildman–Crippen LogP) is 7.26. The van der Waals surface area contributed by atoms with Crippen molar-refractivity contribution >= 4 is 11.9 Å². The molecular weight excluding hydrogens is 388 g/mol. The summed E-state index contributed by atoms with van der Waals surface area (Å²) in [6, 6.07) is 0. The summed E-state index contributed by atoms with van der Waals surface area (Å²) in [5.74, 6) is -0.172. The van der Waals surface area contributed by atoms with Crippen molar-refractivity contribution in [1.82, 2.24) is 0 Å². The molecule has 0 fully saturated rings. The standard InChI is InChI=1S/C27H48O4/c1-22(2)17-13-11-9-7-5-6-8-10-12-16-20-30-26(28)24-18-14-15-19-25(24)27(29)31-21-23(3)4/h14-15,22-25H,5-13,16-21H2,1-4H3. The van der Waals surface area contributed by atoms with Crippen LogP contribution in [-0.4, -0.2) is 25.2 Å². The molecule has 1 aliphatic rings. The lowest BCUT2D eigenvalue weighted by molar-refractivity contribution is -0.161. The molecule has 2 atom stereocenters. The monoisotopic (exact) mass is 436 g/mol. The molecular formula is C27H48O4. The summed E-state index contributed by atoms with van der Waals surface area (Å²) in [6.07, 6.45) is 19.1. The highest BCUT2D eigenvalue weighted by atomic mass is 16.5. The Morgan fingerprint density at radius 3 is 1.61 bits per heavy atom. The van der Waals surface area contributed by atoms with Gasteiger partial charge >= 0.3 is 11.9 Å². The number of hydrogen-bond acceptors (Lipinski definition) is 4.